The van der Waals surface area contributed by atoms with Crippen molar-refractivity contribution in [2.45, 2.75) is 12.8 Å². The Morgan fingerprint density at radius 1 is 1.44 bits per heavy atom. The number of rotatable bonds is 2. The quantitative estimate of drug-likeness (QED) is 0.870. The monoisotopic (exact) mass is 283 g/mol. The standard InChI is InChI=1S/C11H14BrN3O/c12-9-1-2-10(14-7-9)15-11(16)8-3-5-13-6-4-8/h1-2,7-8,13H,3-6H2,(H,14,15,16). The summed E-state index contributed by atoms with van der Waals surface area (Å²) >= 11 is 3.30. The van der Waals surface area contributed by atoms with E-state index in [9.17, 15) is 4.79 Å². The molecule has 16 heavy (non-hydrogen) atoms. The highest BCUT2D eigenvalue weighted by atomic mass is 79.9. The molecular formula is C11H14BrN3O. The van der Waals surface area contributed by atoms with Crippen LogP contribution in [0.3, 0.4) is 0 Å². The summed E-state index contributed by atoms with van der Waals surface area (Å²) in [5.41, 5.74) is 0. The van der Waals surface area contributed by atoms with Gasteiger partial charge in [-0.2, -0.15) is 0 Å². The van der Waals surface area contributed by atoms with Gasteiger partial charge in [-0.1, -0.05) is 0 Å². The number of pyridine rings is 1. The molecule has 1 saturated heterocycles. The van der Waals surface area contributed by atoms with Gasteiger partial charge in [0.15, 0.2) is 0 Å². The molecule has 0 radical (unpaired) electrons. The van der Waals surface area contributed by atoms with Crippen molar-refractivity contribution in [1.82, 2.24) is 10.3 Å². The third-order valence-electron chi connectivity index (χ3n) is 2.69. The third kappa shape index (κ3) is 3.02. The maximum absolute atomic E-state index is 11.9. The van der Waals surface area contributed by atoms with Crippen LogP contribution in [0.15, 0.2) is 22.8 Å². The van der Waals surface area contributed by atoms with Crippen molar-refractivity contribution in [3.05, 3.63) is 22.8 Å². The molecule has 5 heteroatoms. The molecule has 1 amide bonds. The minimum Gasteiger partial charge on any atom is -0.317 e. The number of carbonyl (C=O) groups excluding carboxylic acids is 1. The molecule has 1 aliphatic rings. The molecule has 1 fully saturated rings. The summed E-state index contributed by atoms with van der Waals surface area (Å²) in [6.45, 7) is 1.84. The van der Waals surface area contributed by atoms with Crippen LogP contribution in [0.25, 0.3) is 0 Å². The second kappa shape index (κ2) is 5.41. The van der Waals surface area contributed by atoms with Crippen molar-refractivity contribution in [3.8, 4) is 0 Å². The van der Waals surface area contributed by atoms with Crippen LogP contribution in [0.5, 0.6) is 0 Å². The first-order valence-corrected chi connectivity index (χ1v) is 6.18. The lowest BCUT2D eigenvalue weighted by atomic mass is 9.97. The fraction of sp³-hybridized carbons (Fsp3) is 0.455. The van der Waals surface area contributed by atoms with E-state index in [1.54, 1.807) is 12.3 Å². The predicted octanol–water partition coefficient (Wildman–Crippen LogP) is 1.78. The Hall–Kier alpha value is -0.940. The van der Waals surface area contributed by atoms with Crippen LogP contribution in [0.1, 0.15) is 12.8 Å². The van der Waals surface area contributed by atoms with E-state index in [1.807, 2.05) is 6.07 Å². The SMILES string of the molecule is O=C(Nc1ccc(Br)cn1)C1CCNCC1. The van der Waals surface area contributed by atoms with Crippen LogP contribution in [0.2, 0.25) is 0 Å². The first-order valence-electron chi connectivity index (χ1n) is 5.39. The molecule has 1 aromatic heterocycles. The lowest BCUT2D eigenvalue weighted by Gasteiger charge is -2.21. The molecule has 2 rings (SSSR count). The second-order valence-electron chi connectivity index (χ2n) is 3.88. The third-order valence-corrected chi connectivity index (χ3v) is 3.16. The molecule has 0 saturated carbocycles. The van der Waals surface area contributed by atoms with Crippen LogP contribution < -0.4 is 10.6 Å². The number of piperidine rings is 1. The molecule has 0 atom stereocenters. The summed E-state index contributed by atoms with van der Waals surface area (Å²) in [4.78, 5) is 16.0. The number of nitrogens with one attached hydrogen (secondary N) is 2. The van der Waals surface area contributed by atoms with Gasteiger partial charge in [0.2, 0.25) is 5.91 Å². The maximum atomic E-state index is 11.9. The Bertz CT molecular complexity index is 360. The molecule has 86 valence electrons. The molecule has 1 aromatic rings. The van der Waals surface area contributed by atoms with E-state index in [-0.39, 0.29) is 11.8 Å². The zero-order valence-corrected chi connectivity index (χ0v) is 10.5. The van der Waals surface area contributed by atoms with Crippen LogP contribution in [-0.4, -0.2) is 24.0 Å². The molecule has 4 nitrogen and oxygen atoms in total. The zero-order valence-electron chi connectivity index (χ0n) is 8.87. The van der Waals surface area contributed by atoms with Crippen LogP contribution in [0.4, 0.5) is 5.82 Å². The molecule has 0 unspecified atom stereocenters. The minimum atomic E-state index is 0.0799. The van der Waals surface area contributed by atoms with Gasteiger partial charge < -0.3 is 10.6 Å². The first-order chi connectivity index (χ1) is 7.75. The van der Waals surface area contributed by atoms with E-state index in [0.717, 1.165) is 30.4 Å². The molecule has 0 spiro atoms. The van der Waals surface area contributed by atoms with Gasteiger partial charge in [-0.3, -0.25) is 4.79 Å². The Labute approximate surface area is 103 Å². The fourth-order valence-corrected chi connectivity index (χ4v) is 2.00. The molecule has 0 aliphatic carbocycles. The highest BCUT2D eigenvalue weighted by Crippen LogP contribution is 2.15. The Kier molecular flexibility index (Phi) is 3.90. The first kappa shape index (κ1) is 11.5. The molecule has 2 N–H and O–H groups in total. The van der Waals surface area contributed by atoms with Crippen molar-refractivity contribution >= 4 is 27.7 Å². The average Bonchev–Trinajstić information content (AvgIpc) is 2.33. The van der Waals surface area contributed by atoms with Gasteiger partial charge in [0.1, 0.15) is 5.82 Å². The minimum absolute atomic E-state index is 0.0799. The summed E-state index contributed by atoms with van der Waals surface area (Å²) in [7, 11) is 0. The van der Waals surface area contributed by atoms with E-state index < -0.39 is 0 Å². The van der Waals surface area contributed by atoms with Crippen molar-refractivity contribution in [1.29, 1.82) is 0 Å². The van der Waals surface area contributed by atoms with Crippen molar-refractivity contribution in [2.75, 3.05) is 18.4 Å². The highest BCUT2D eigenvalue weighted by molar-refractivity contribution is 9.10. The van der Waals surface area contributed by atoms with Crippen molar-refractivity contribution < 1.29 is 4.79 Å². The van der Waals surface area contributed by atoms with Gasteiger partial charge >= 0.3 is 0 Å². The number of halogens is 1. The van der Waals surface area contributed by atoms with E-state index in [2.05, 4.69) is 31.5 Å². The molecule has 2 heterocycles. The number of amides is 1. The number of hydrogen-bond acceptors (Lipinski definition) is 3. The summed E-state index contributed by atoms with van der Waals surface area (Å²) in [5.74, 6) is 0.815. The summed E-state index contributed by atoms with van der Waals surface area (Å²) in [6, 6.07) is 3.66. The number of hydrogen-bond donors (Lipinski definition) is 2. The Balaban J connectivity index is 1.93. The van der Waals surface area contributed by atoms with Crippen LogP contribution >= 0.6 is 15.9 Å². The van der Waals surface area contributed by atoms with E-state index in [4.69, 9.17) is 0 Å². The van der Waals surface area contributed by atoms with Gasteiger partial charge in [0, 0.05) is 16.6 Å². The Morgan fingerprint density at radius 3 is 2.81 bits per heavy atom. The van der Waals surface area contributed by atoms with Crippen molar-refractivity contribution in [3.63, 3.8) is 0 Å². The largest absolute Gasteiger partial charge is 0.317 e. The molecule has 0 bridgehead atoms. The Morgan fingerprint density at radius 2 is 2.19 bits per heavy atom. The van der Waals surface area contributed by atoms with Gasteiger partial charge in [-0.05, 0) is 54.0 Å². The van der Waals surface area contributed by atoms with E-state index >= 15 is 0 Å². The van der Waals surface area contributed by atoms with Crippen LogP contribution in [0, 0.1) is 5.92 Å². The van der Waals surface area contributed by atoms with E-state index in [0.29, 0.717) is 5.82 Å². The average molecular weight is 284 g/mol. The lowest BCUT2D eigenvalue weighted by molar-refractivity contribution is -0.120. The molecule has 1 aliphatic heterocycles. The normalized spacial score (nSPS) is 17.1. The van der Waals surface area contributed by atoms with Crippen LogP contribution in [-0.2, 0) is 4.79 Å². The smallest absolute Gasteiger partial charge is 0.228 e. The van der Waals surface area contributed by atoms with Crippen molar-refractivity contribution in [2.24, 2.45) is 5.92 Å². The van der Waals surface area contributed by atoms with Gasteiger partial charge in [0.25, 0.3) is 0 Å². The van der Waals surface area contributed by atoms with Gasteiger partial charge in [0.05, 0.1) is 0 Å². The fourth-order valence-electron chi connectivity index (χ4n) is 1.76. The summed E-state index contributed by atoms with van der Waals surface area (Å²) in [6.07, 6.45) is 3.49. The lowest BCUT2D eigenvalue weighted by Crippen LogP contribution is -2.34. The number of nitrogens with zero attached hydrogens (tertiary/aromatic N) is 1. The maximum Gasteiger partial charge on any atom is 0.228 e. The molecular weight excluding hydrogens is 270 g/mol. The number of carbonyl (C=O) groups is 1. The number of anilines is 1. The second-order valence-corrected chi connectivity index (χ2v) is 4.79. The van der Waals surface area contributed by atoms with Gasteiger partial charge in [-0.25, -0.2) is 4.98 Å². The zero-order chi connectivity index (χ0) is 11.4. The molecule has 0 aromatic carbocycles. The summed E-state index contributed by atoms with van der Waals surface area (Å²) in [5, 5.41) is 6.08. The summed E-state index contributed by atoms with van der Waals surface area (Å²) < 4.78 is 0.910. The van der Waals surface area contributed by atoms with E-state index in [1.165, 1.54) is 0 Å². The van der Waals surface area contributed by atoms with Gasteiger partial charge in [-0.15, -0.1) is 0 Å². The highest BCUT2D eigenvalue weighted by Gasteiger charge is 2.20. The predicted molar refractivity (Wildman–Crippen MR) is 66.2 cm³/mol. The number of aromatic nitrogens is 1. The topological polar surface area (TPSA) is 54.0 Å².